The molecule has 0 fully saturated rings. The Bertz CT molecular complexity index is 708. The van der Waals surface area contributed by atoms with Crippen molar-refractivity contribution in [2.24, 2.45) is 4.99 Å². The number of guanidine groups is 1. The quantitative estimate of drug-likeness (QED) is 0.307. The summed E-state index contributed by atoms with van der Waals surface area (Å²) in [4.78, 5) is 4.67. The molecule has 29 heavy (non-hydrogen) atoms. The number of hydrogen-bond donors (Lipinski definition) is 2. The minimum atomic E-state index is 0.572. The highest BCUT2D eigenvalue weighted by Gasteiger charge is 2.00. The van der Waals surface area contributed by atoms with Crippen molar-refractivity contribution in [3.05, 3.63) is 65.7 Å². The van der Waals surface area contributed by atoms with Crippen LogP contribution in [0.2, 0.25) is 0 Å². The Kier molecular flexibility index (Phi) is 11.3. The normalized spacial score (nSPS) is 11.3. The number of ether oxygens (including phenoxy) is 3. The van der Waals surface area contributed by atoms with E-state index in [1.807, 2.05) is 43.3 Å². The SMILES string of the molecule is CCNC(=NCc1cccc(COCCOCC)c1)NCCOc1ccccc1. The lowest BCUT2D eigenvalue weighted by Gasteiger charge is -2.12. The molecule has 0 saturated heterocycles. The van der Waals surface area contributed by atoms with Gasteiger partial charge in [0.15, 0.2) is 5.96 Å². The van der Waals surface area contributed by atoms with E-state index in [1.165, 1.54) is 0 Å². The van der Waals surface area contributed by atoms with Crippen molar-refractivity contribution < 1.29 is 14.2 Å². The molecule has 158 valence electrons. The highest BCUT2D eigenvalue weighted by Crippen LogP contribution is 2.09. The summed E-state index contributed by atoms with van der Waals surface area (Å²) in [5.41, 5.74) is 2.29. The third-order valence-electron chi connectivity index (χ3n) is 4.01. The molecule has 0 spiro atoms. The first-order valence-corrected chi connectivity index (χ1v) is 10.2. The summed E-state index contributed by atoms with van der Waals surface area (Å²) < 4.78 is 16.6. The van der Waals surface area contributed by atoms with Crippen molar-refractivity contribution in [2.75, 3.05) is 39.5 Å². The second-order valence-corrected chi connectivity index (χ2v) is 6.35. The van der Waals surface area contributed by atoms with Gasteiger partial charge in [-0.2, -0.15) is 0 Å². The van der Waals surface area contributed by atoms with Crippen LogP contribution in [0.25, 0.3) is 0 Å². The minimum Gasteiger partial charge on any atom is -0.492 e. The van der Waals surface area contributed by atoms with E-state index >= 15 is 0 Å². The van der Waals surface area contributed by atoms with Crippen LogP contribution < -0.4 is 15.4 Å². The third kappa shape index (κ3) is 9.96. The van der Waals surface area contributed by atoms with Crippen LogP contribution in [-0.2, 0) is 22.6 Å². The van der Waals surface area contributed by atoms with Gasteiger partial charge >= 0.3 is 0 Å². The second-order valence-electron chi connectivity index (χ2n) is 6.35. The fourth-order valence-corrected chi connectivity index (χ4v) is 2.64. The van der Waals surface area contributed by atoms with Gasteiger partial charge in [0.05, 0.1) is 32.9 Å². The van der Waals surface area contributed by atoms with Crippen molar-refractivity contribution in [2.45, 2.75) is 27.0 Å². The zero-order chi connectivity index (χ0) is 20.6. The molecule has 2 rings (SSSR count). The summed E-state index contributed by atoms with van der Waals surface area (Å²) in [7, 11) is 0. The second kappa shape index (κ2) is 14.4. The topological polar surface area (TPSA) is 64.1 Å². The van der Waals surface area contributed by atoms with Crippen LogP contribution in [0.4, 0.5) is 0 Å². The van der Waals surface area contributed by atoms with Gasteiger partial charge in [-0.15, -0.1) is 0 Å². The van der Waals surface area contributed by atoms with Gasteiger partial charge < -0.3 is 24.8 Å². The lowest BCUT2D eigenvalue weighted by atomic mass is 10.1. The first kappa shape index (κ1) is 22.7. The van der Waals surface area contributed by atoms with Gasteiger partial charge in [0.25, 0.3) is 0 Å². The van der Waals surface area contributed by atoms with E-state index in [0.717, 1.165) is 36.0 Å². The standard InChI is InChI=1S/C23H33N3O3/c1-3-24-23(25-13-14-29-22-11-6-5-7-12-22)26-18-20-9-8-10-21(17-20)19-28-16-15-27-4-2/h5-12,17H,3-4,13-16,18-19H2,1-2H3,(H2,24,25,26). The van der Waals surface area contributed by atoms with E-state index in [-0.39, 0.29) is 0 Å². The van der Waals surface area contributed by atoms with E-state index in [0.29, 0.717) is 39.5 Å². The molecule has 0 atom stereocenters. The highest BCUT2D eigenvalue weighted by molar-refractivity contribution is 5.79. The van der Waals surface area contributed by atoms with Crippen LogP contribution in [0, 0.1) is 0 Å². The Morgan fingerprint density at radius 1 is 0.862 bits per heavy atom. The molecule has 0 unspecified atom stereocenters. The van der Waals surface area contributed by atoms with Crippen LogP contribution in [0.15, 0.2) is 59.6 Å². The molecule has 0 saturated carbocycles. The molecule has 0 bridgehead atoms. The molecule has 6 heteroatoms. The van der Waals surface area contributed by atoms with Gasteiger partial charge in [0, 0.05) is 13.2 Å². The van der Waals surface area contributed by atoms with Gasteiger partial charge in [-0.3, -0.25) is 0 Å². The van der Waals surface area contributed by atoms with E-state index in [1.54, 1.807) is 0 Å². The summed E-state index contributed by atoms with van der Waals surface area (Å²) in [5, 5.41) is 6.57. The average Bonchev–Trinajstić information content (AvgIpc) is 2.76. The Balaban J connectivity index is 1.77. The zero-order valence-corrected chi connectivity index (χ0v) is 17.5. The number of para-hydroxylation sites is 1. The van der Waals surface area contributed by atoms with Crippen molar-refractivity contribution in [1.82, 2.24) is 10.6 Å². The Labute approximate surface area is 174 Å². The van der Waals surface area contributed by atoms with Crippen LogP contribution in [-0.4, -0.2) is 45.5 Å². The minimum absolute atomic E-state index is 0.572. The number of nitrogens with zero attached hydrogens (tertiary/aromatic N) is 1. The number of nitrogens with one attached hydrogen (secondary N) is 2. The summed E-state index contributed by atoms with van der Waals surface area (Å²) >= 11 is 0. The van der Waals surface area contributed by atoms with E-state index in [2.05, 4.69) is 40.7 Å². The molecule has 2 aromatic carbocycles. The monoisotopic (exact) mass is 399 g/mol. The van der Waals surface area contributed by atoms with Gasteiger partial charge in [-0.05, 0) is 37.1 Å². The molecule has 0 aliphatic heterocycles. The van der Waals surface area contributed by atoms with Crippen molar-refractivity contribution in [1.29, 1.82) is 0 Å². The predicted octanol–water partition coefficient (Wildman–Crippen LogP) is 3.37. The molecule has 0 aliphatic rings. The van der Waals surface area contributed by atoms with Crippen molar-refractivity contribution in [3.8, 4) is 5.75 Å². The average molecular weight is 400 g/mol. The Hall–Kier alpha value is -2.57. The maximum Gasteiger partial charge on any atom is 0.191 e. The maximum absolute atomic E-state index is 5.71. The molecule has 0 aromatic heterocycles. The number of aliphatic imine (C=N–C) groups is 1. The fraction of sp³-hybridized carbons (Fsp3) is 0.435. The number of rotatable bonds is 13. The Morgan fingerprint density at radius 2 is 1.66 bits per heavy atom. The summed E-state index contributed by atoms with van der Waals surface area (Å²) in [6.45, 7) is 9.23. The van der Waals surface area contributed by atoms with Crippen LogP contribution in [0.3, 0.4) is 0 Å². The van der Waals surface area contributed by atoms with Crippen LogP contribution >= 0.6 is 0 Å². The maximum atomic E-state index is 5.71. The van der Waals surface area contributed by atoms with Gasteiger partial charge in [-0.1, -0.05) is 42.5 Å². The van der Waals surface area contributed by atoms with Crippen LogP contribution in [0.5, 0.6) is 5.75 Å². The summed E-state index contributed by atoms with van der Waals surface area (Å²) in [6.07, 6.45) is 0. The highest BCUT2D eigenvalue weighted by atomic mass is 16.5. The molecule has 2 N–H and O–H groups in total. The number of benzene rings is 2. The van der Waals surface area contributed by atoms with E-state index in [9.17, 15) is 0 Å². The molecule has 0 heterocycles. The molecule has 6 nitrogen and oxygen atoms in total. The van der Waals surface area contributed by atoms with Crippen molar-refractivity contribution >= 4 is 5.96 Å². The summed E-state index contributed by atoms with van der Waals surface area (Å²) in [6, 6.07) is 18.1. The first-order chi connectivity index (χ1) is 14.3. The lowest BCUT2D eigenvalue weighted by Crippen LogP contribution is -2.39. The molecular weight excluding hydrogens is 366 g/mol. The fourth-order valence-electron chi connectivity index (χ4n) is 2.64. The third-order valence-corrected chi connectivity index (χ3v) is 4.01. The predicted molar refractivity (Wildman–Crippen MR) is 117 cm³/mol. The van der Waals surface area contributed by atoms with Gasteiger partial charge in [0.2, 0.25) is 0 Å². The molecule has 2 aromatic rings. The molecule has 0 radical (unpaired) electrons. The smallest absolute Gasteiger partial charge is 0.191 e. The molecular formula is C23H33N3O3. The summed E-state index contributed by atoms with van der Waals surface area (Å²) in [5.74, 6) is 1.65. The molecule has 0 aliphatic carbocycles. The number of hydrogen-bond acceptors (Lipinski definition) is 4. The van der Waals surface area contributed by atoms with Gasteiger partial charge in [0.1, 0.15) is 12.4 Å². The molecule has 0 amide bonds. The van der Waals surface area contributed by atoms with E-state index in [4.69, 9.17) is 14.2 Å². The van der Waals surface area contributed by atoms with Crippen LogP contribution in [0.1, 0.15) is 25.0 Å². The lowest BCUT2D eigenvalue weighted by molar-refractivity contribution is 0.0453. The largest absolute Gasteiger partial charge is 0.492 e. The first-order valence-electron chi connectivity index (χ1n) is 10.2. The zero-order valence-electron chi connectivity index (χ0n) is 17.5. The Morgan fingerprint density at radius 3 is 2.45 bits per heavy atom. The van der Waals surface area contributed by atoms with Gasteiger partial charge in [-0.25, -0.2) is 4.99 Å². The van der Waals surface area contributed by atoms with Crippen molar-refractivity contribution in [3.63, 3.8) is 0 Å². The van der Waals surface area contributed by atoms with E-state index < -0.39 is 0 Å².